The lowest BCUT2D eigenvalue weighted by atomic mass is 10.3. The highest BCUT2D eigenvalue weighted by Gasteiger charge is 2.09. The van der Waals surface area contributed by atoms with Crippen molar-refractivity contribution >= 4 is 16.6 Å². The van der Waals surface area contributed by atoms with Gasteiger partial charge in [-0.25, -0.2) is 4.98 Å². The summed E-state index contributed by atoms with van der Waals surface area (Å²) < 4.78 is 6.79. The Morgan fingerprint density at radius 2 is 2.23 bits per heavy atom. The van der Waals surface area contributed by atoms with Crippen LogP contribution in [0, 0.1) is 0 Å². The van der Waals surface area contributed by atoms with Gasteiger partial charge in [0, 0.05) is 12.4 Å². The summed E-state index contributed by atoms with van der Waals surface area (Å²) in [6.45, 7) is 0. The standard InChI is InChI=1S/C8H10N4O/c1-12-7-5(3-11-12)6(9)4-10-8(7)13-2/h3-4H,9H2,1-2H3. The van der Waals surface area contributed by atoms with Crippen LogP contribution >= 0.6 is 0 Å². The van der Waals surface area contributed by atoms with E-state index in [0.29, 0.717) is 11.6 Å². The van der Waals surface area contributed by atoms with Crippen LogP contribution in [-0.4, -0.2) is 21.9 Å². The molecule has 5 heteroatoms. The van der Waals surface area contributed by atoms with Gasteiger partial charge in [0.2, 0.25) is 5.88 Å². The first-order valence-corrected chi connectivity index (χ1v) is 3.84. The van der Waals surface area contributed by atoms with Gasteiger partial charge in [0.15, 0.2) is 0 Å². The Hall–Kier alpha value is -1.78. The lowest BCUT2D eigenvalue weighted by Crippen LogP contribution is -1.97. The molecule has 0 saturated heterocycles. The quantitative estimate of drug-likeness (QED) is 0.692. The van der Waals surface area contributed by atoms with Crippen molar-refractivity contribution in [1.29, 1.82) is 0 Å². The number of anilines is 1. The second-order valence-corrected chi connectivity index (χ2v) is 2.75. The molecule has 13 heavy (non-hydrogen) atoms. The molecule has 0 saturated carbocycles. The summed E-state index contributed by atoms with van der Waals surface area (Å²) in [4.78, 5) is 4.05. The summed E-state index contributed by atoms with van der Waals surface area (Å²) in [5, 5.41) is 4.95. The molecule has 2 N–H and O–H groups in total. The first-order valence-electron chi connectivity index (χ1n) is 3.84. The number of ether oxygens (including phenoxy) is 1. The van der Waals surface area contributed by atoms with Crippen LogP contribution in [-0.2, 0) is 7.05 Å². The van der Waals surface area contributed by atoms with Gasteiger partial charge in [-0.05, 0) is 0 Å². The molecule has 0 unspecified atom stereocenters. The zero-order chi connectivity index (χ0) is 9.42. The fourth-order valence-corrected chi connectivity index (χ4v) is 1.31. The minimum atomic E-state index is 0.546. The topological polar surface area (TPSA) is 66.0 Å². The highest BCUT2D eigenvalue weighted by molar-refractivity contribution is 5.92. The van der Waals surface area contributed by atoms with Crippen molar-refractivity contribution in [2.45, 2.75) is 0 Å². The SMILES string of the molecule is COc1ncc(N)c2cnn(C)c12. The number of fused-ring (bicyclic) bond motifs is 1. The zero-order valence-corrected chi connectivity index (χ0v) is 7.48. The fourth-order valence-electron chi connectivity index (χ4n) is 1.31. The normalized spacial score (nSPS) is 10.6. The second-order valence-electron chi connectivity index (χ2n) is 2.75. The van der Waals surface area contributed by atoms with Gasteiger partial charge < -0.3 is 10.5 Å². The third-order valence-electron chi connectivity index (χ3n) is 1.97. The molecule has 0 radical (unpaired) electrons. The van der Waals surface area contributed by atoms with Gasteiger partial charge >= 0.3 is 0 Å². The van der Waals surface area contributed by atoms with Gasteiger partial charge in [-0.3, -0.25) is 4.68 Å². The molecule has 0 aliphatic rings. The Morgan fingerprint density at radius 1 is 1.46 bits per heavy atom. The fraction of sp³-hybridized carbons (Fsp3) is 0.250. The maximum atomic E-state index is 5.72. The van der Waals surface area contributed by atoms with E-state index in [0.717, 1.165) is 10.9 Å². The van der Waals surface area contributed by atoms with E-state index in [2.05, 4.69) is 10.1 Å². The number of hydrogen-bond donors (Lipinski definition) is 1. The highest BCUT2D eigenvalue weighted by Crippen LogP contribution is 2.26. The number of nitrogen functional groups attached to an aromatic ring is 1. The Balaban J connectivity index is 2.88. The highest BCUT2D eigenvalue weighted by atomic mass is 16.5. The van der Waals surface area contributed by atoms with E-state index in [1.807, 2.05) is 7.05 Å². The van der Waals surface area contributed by atoms with Crippen LogP contribution in [0.4, 0.5) is 5.69 Å². The molecule has 5 nitrogen and oxygen atoms in total. The number of rotatable bonds is 1. The van der Waals surface area contributed by atoms with Crippen LogP contribution in [0.15, 0.2) is 12.4 Å². The maximum absolute atomic E-state index is 5.72. The Kier molecular flexibility index (Phi) is 1.58. The van der Waals surface area contributed by atoms with Gasteiger partial charge in [-0.1, -0.05) is 0 Å². The van der Waals surface area contributed by atoms with Crippen molar-refractivity contribution in [2.75, 3.05) is 12.8 Å². The number of aromatic nitrogens is 3. The molecular weight excluding hydrogens is 168 g/mol. The smallest absolute Gasteiger partial charge is 0.240 e. The molecule has 2 aromatic rings. The minimum Gasteiger partial charge on any atom is -0.479 e. The van der Waals surface area contributed by atoms with Crippen molar-refractivity contribution in [1.82, 2.24) is 14.8 Å². The predicted molar refractivity (Wildman–Crippen MR) is 49.5 cm³/mol. The van der Waals surface area contributed by atoms with Gasteiger partial charge in [0.25, 0.3) is 0 Å². The number of aryl methyl sites for hydroxylation is 1. The minimum absolute atomic E-state index is 0.546. The van der Waals surface area contributed by atoms with Crippen molar-refractivity contribution in [3.05, 3.63) is 12.4 Å². The molecule has 68 valence electrons. The van der Waals surface area contributed by atoms with Crippen molar-refractivity contribution in [2.24, 2.45) is 7.05 Å². The summed E-state index contributed by atoms with van der Waals surface area (Å²) in [6.07, 6.45) is 3.28. The first-order chi connectivity index (χ1) is 6.24. The Labute approximate surface area is 75.1 Å². The van der Waals surface area contributed by atoms with E-state index >= 15 is 0 Å². The van der Waals surface area contributed by atoms with Crippen molar-refractivity contribution in [3.63, 3.8) is 0 Å². The van der Waals surface area contributed by atoms with Crippen molar-refractivity contribution < 1.29 is 4.74 Å². The van der Waals surface area contributed by atoms with Crippen LogP contribution in [0.5, 0.6) is 5.88 Å². The third-order valence-corrected chi connectivity index (χ3v) is 1.97. The second kappa shape index (κ2) is 2.62. The van der Waals surface area contributed by atoms with Crippen LogP contribution < -0.4 is 10.5 Å². The van der Waals surface area contributed by atoms with Crippen molar-refractivity contribution in [3.8, 4) is 5.88 Å². The first kappa shape index (κ1) is 7.85. The number of nitrogens with two attached hydrogens (primary N) is 1. The molecule has 0 fully saturated rings. The van der Waals surface area contributed by atoms with Crippen LogP contribution in [0.2, 0.25) is 0 Å². The Bertz CT molecular complexity index is 449. The van der Waals surface area contributed by atoms with Gasteiger partial charge in [0.05, 0.1) is 25.2 Å². The monoisotopic (exact) mass is 178 g/mol. The molecule has 2 rings (SSSR count). The van der Waals surface area contributed by atoms with E-state index in [1.54, 1.807) is 24.2 Å². The summed E-state index contributed by atoms with van der Waals surface area (Å²) in [5.74, 6) is 0.546. The molecule has 0 amide bonds. The average Bonchev–Trinajstić information content (AvgIpc) is 2.51. The number of methoxy groups -OCH3 is 1. The number of hydrogen-bond acceptors (Lipinski definition) is 4. The molecule has 0 aliphatic heterocycles. The molecular formula is C8H10N4O. The lowest BCUT2D eigenvalue weighted by Gasteiger charge is -2.03. The van der Waals surface area contributed by atoms with E-state index in [-0.39, 0.29) is 0 Å². The third kappa shape index (κ3) is 1.00. The van der Waals surface area contributed by atoms with E-state index in [4.69, 9.17) is 10.5 Å². The molecule has 0 bridgehead atoms. The number of pyridine rings is 1. The van der Waals surface area contributed by atoms with Crippen LogP contribution in [0.3, 0.4) is 0 Å². The van der Waals surface area contributed by atoms with E-state index < -0.39 is 0 Å². The number of nitrogens with zero attached hydrogens (tertiary/aromatic N) is 3. The molecule has 0 aliphatic carbocycles. The summed E-state index contributed by atoms with van der Waals surface area (Å²) >= 11 is 0. The molecule has 0 spiro atoms. The predicted octanol–water partition coefficient (Wildman–Crippen LogP) is 0.559. The largest absolute Gasteiger partial charge is 0.479 e. The van der Waals surface area contributed by atoms with Gasteiger partial charge in [-0.15, -0.1) is 0 Å². The Morgan fingerprint density at radius 3 is 2.92 bits per heavy atom. The molecule has 2 heterocycles. The van der Waals surface area contributed by atoms with Crippen LogP contribution in [0.25, 0.3) is 10.9 Å². The molecule has 0 atom stereocenters. The molecule has 2 aromatic heterocycles. The summed E-state index contributed by atoms with van der Waals surface area (Å²) in [5.41, 5.74) is 7.16. The molecule has 0 aromatic carbocycles. The van der Waals surface area contributed by atoms with E-state index in [1.165, 1.54) is 0 Å². The van der Waals surface area contributed by atoms with Crippen LogP contribution in [0.1, 0.15) is 0 Å². The van der Waals surface area contributed by atoms with E-state index in [9.17, 15) is 0 Å². The average molecular weight is 178 g/mol. The van der Waals surface area contributed by atoms with Gasteiger partial charge in [0.1, 0.15) is 5.52 Å². The maximum Gasteiger partial charge on any atom is 0.240 e. The summed E-state index contributed by atoms with van der Waals surface area (Å²) in [7, 11) is 3.40. The summed E-state index contributed by atoms with van der Waals surface area (Å²) in [6, 6.07) is 0. The lowest BCUT2D eigenvalue weighted by molar-refractivity contribution is 0.401. The zero-order valence-electron chi connectivity index (χ0n) is 7.48. The van der Waals surface area contributed by atoms with Gasteiger partial charge in [-0.2, -0.15) is 5.10 Å².